The molecule has 0 bridgehead atoms. The smallest absolute Gasteiger partial charge is 0.242 e. The maximum atomic E-state index is 12.0. The maximum Gasteiger partial charge on any atom is 0.242 e. The zero-order chi connectivity index (χ0) is 16.8. The maximum absolute atomic E-state index is 12.0. The standard InChI is InChI=1S/C17H24N6O/c1-22(15-7-3-2-4-8-15)17-14(6-5-9-19-17)10-20-16(24)11-23-13-18-12-21-23/h5-6,9,12-13,15H,2-4,7-8,10-11H2,1H3,(H,20,24). The van der Waals surface area contributed by atoms with Crippen molar-refractivity contribution >= 4 is 11.7 Å². The van der Waals surface area contributed by atoms with Gasteiger partial charge in [0.1, 0.15) is 25.0 Å². The van der Waals surface area contributed by atoms with E-state index in [1.54, 1.807) is 0 Å². The van der Waals surface area contributed by atoms with Crippen LogP contribution in [-0.4, -0.2) is 38.7 Å². The lowest BCUT2D eigenvalue weighted by molar-refractivity contribution is -0.122. The number of nitrogens with zero attached hydrogens (tertiary/aromatic N) is 5. The van der Waals surface area contributed by atoms with E-state index in [0.717, 1.165) is 11.4 Å². The molecule has 0 saturated heterocycles. The van der Waals surface area contributed by atoms with Crippen molar-refractivity contribution < 1.29 is 4.79 Å². The predicted molar refractivity (Wildman–Crippen MR) is 91.4 cm³/mol. The lowest BCUT2D eigenvalue weighted by atomic mass is 9.94. The molecule has 1 saturated carbocycles. The molecule has 7 nitrogen and oxygen atoms in total. The predicted octanol–water partition coefficient (Wildman–Crippen LogP) is 1.76. The third-order valence-electron chi connectivity index (χ3n) is 4.57. The number of pyridine rings is 1. The molecule has 0 radical (unpaired) electrons. The van der Waals surface area contributed by atoms with E-state index in [1.807, 2.05) is 18.3 Å². The second-order valence-corrected chi connectivity index (χ2v) is 6.26. The summed E-state index contributed by atoms with van der Waals surface area (Å²) < 4.78 is 1.51. The zero-order valence-corrected chi connectivity index (χ0v) is 14.1. The number of aromatic nitrogens is 4. The van der Waals surface area contributed by atoms with Crippen molar-refractivity contribution in [3.8, 4) is 0 Å². The Labute approximate surface area is 142 Å². The minimum atomic E-state index is -0.0874. The van der Waals surface area contributed by atoms with Crippen molar-refractivity contribution in [2.24, 2.45) is 0 Å². The Morgan fingerprint density at radius 3 is 2.96 bits per heavy atom. The Hall–Kier alpha value is -2.44. The molecule has 1 N–H and O–H groups in total. The van der Waals surface area contributed by atoms with Crippen LogP contribution >= 0.6 is 0 Å². The Morgan fingerprint density at radius 2 is 2.21 bits per heavy atom. The van der Waals surface area contributed by atoms with Crippen molar-refractivity contribution in [2.45, 2.75) is 51.2 Å². The molecule has 2 aromatic heterocycles. The summed E-state index contributed by atoms with van der Waals surface area (Å²) in [5, 5.41) is 6.88. The Kier molecular flexibility index (Phi) is 5.40. The highest BCUT2D eigenvalue weighted by Crippen LogP contribution is 2.26. The van der Waals surface area contributed by atoms with E-state index in [2.05, 4.69) is 32.3 Å². The number of rotatable bonds is 6. The molecule has 0 spiro atoms. The number of anilines is 1. The normalized spacial score (nSPS) is 15.2. The third kappa shape index (κ3) is 4.10. The molecule has 2 aromatic rings. The Morgan fingerprint density at radius 1 is 1.38 bits per heavy atom. The fourth-order valence-electron chi connectivity index (χ4n) is 3.24. The van der Waals surface area contributed by atoms with Gasteiger partial charge in [-0.3, -0.25) is 4.79 Å². The molecule has 1 amide bonds. The van der Waals surface area contributed by atoms with E-state index in [9.17, 15) is 4.79 Å². The van der Waals surface area contributed by atoms with Gasteiger partial charge in [0.25, 0.3) is 0 Å². The van der Waals surface area contributed by atoms with Crippen LogP contribution in [0.25, 0.3) is 0 Å². The average molecular weight is 328 g/mol. The van der Waals surface area contributed by atoms with Gasteiger partial charge in [0, 0.05) is 31.4 Å². The summed E-state index contributed by atoms with van der Waals surface area (Å²) in [6.45, 7) is 0.641. The van der Waals surface area contributed by atoms with E-state index >= 15 is 0 Å². The van der Waals surface area contributed by atoms with Gasteiger partial charge in [-0.25, -0.2) is 14.6 Å². The van der Waals surface area contributed by atoms with Crippen LogP contribution in [0.3, 0.4) is 0 Å². The van der Waals surface area contributed by atoms with Gasteiger partial charge in [0.15, 0.2) is 0 Å². The van der Waals surface area contributed by atoms with Crippen LogP contribution in [0, 0.1) is 0 Å². The number of amides is 1. The lowest BCUT2D eigenvalue weighted by Crippen LogP contribution is -2.35. The minimum Gasteiger partial charge on any atom is -0.356 e. The van der Waals surface area contributed by atoms with Crippen LogP contribution in [0.15, 0.2) is 31.0 Å². The van der Waals surface area contributed by atoms with E-state index in [4.69, 9.17) is 0 Å². The van der Waals surface area contributed by atoms with Crippen molar-refractivity contribution in [1.29, 1.82) is 0 Å². The van der Waals surface area contributed by atoms with E-state index < -0.39 is 0 Å². The summed E-state index contributed by atoms with van der Waals surface area (Å²) in [4.78, 5) is 22.7. The first-order chi connectivity index (χ1) is 11.7. The van der Waals surface area contributed by atoms with E-state index in [0.29, 0.717) is 12.6 Å². The molecule has 3 rings (SSSR count). The number of nitrogens with one attached hydrogen (secondary N) is 1. The van der Waals surface area contributed by atoms with Gasteiger partial charge >= 0.3 is 0 Å². The summed E-state index contributed by atoms with van der Waals surface area (Å²) in [5.74, 6) is 0.876. The fraction of sp³-hybridized carbons (Fsp3) is 0.529. The number of hydrogen-bond acceptors (Lipinski definition) is 5. The second-order valence-electron chi connectivity index (χ2n) is 6.26. The van der Waals surface area contributed by atoms with Gasteiger partial charge in [-0.05, 0) is 18.9 Å². The molecular weight excluding hydrogens is 304 g/mol. The van der Waals surface area contributed by atoms with Crippen LogP contribution in [0.5, 0.6) is 0 Å². The highest BCUT2D eigenvalue weighted by Gasteiger charge is 2.21. The topological polar surface area (TPSA) is 75.9 Å². The van der Waals surface area contributed by atoms with Crippen LogP contribution in [-0.2, 0) is 17.9 Å². The molecule has 128 valence electrons. The molecule has 24 heavy (non-hydrogen) atoms. The third-order valence-corrected chi connectivity index (χ3v) is 4.57. The average Bonchev–Trinajstić information content (AvgIpc) is 3.13. The highest BCUT2D eigenvalue weighted by atomic mass is 16.2. The molecule has 1 aliphatic rings. The molecule has 7 heteroatoms. The first kappa shape index (κ1) is 16.4. The lowest BCUT2D eigenvalue weighted by Gasteiger charge is -2.33. The summed E-state index contributed by atoms with van der Waals surface area (Å²) in [6, 6.07) is 4.48. The molecule has 0 aliphatic heterocycles. The van der Waals surface area contributed by atoms with E-state index in [-0.39, 0.29) is 12.5 Å². The number of carbonyl (C=O) groups excluding carboxylic acids is 1. The quantitative estimate of drug-likeness (QED) is 0.874. The molecule has 0 atom stereocenters. The van der Waals surface area contributed by atoms with Gasteiger partial charge in [0.2, 0.25) is 5.91 Å². The van der Waals surface area contributed by atoms with Crippen LogP contribution < -0.4 is 10.2 Å². The van der Waals surface area contributed by atoms with Gasteiger partial charge in [-0.1, -0.05) is 25.3 Å². The first-order valence-corrected chi connectivity index (χ1v) is 8.50. The Balaban J connectivity index is 1.62. The molecule has 0 aromatic carbocycles. The van der Waals surface area contributed by atoms with Gasteiger partial charge in [0.05, 0.1) is 0 Å². The van der Waals surface area contributed by atoms with Crippen molar-refractivity contribution in [3.63, 3.8) is 0 Å². The summed E-state index contributed by atoms with van der Waals surface area (Å²) in [5.41, 5.74) is 1.04. The minimum absolute atomic E-state index is 0.0874. The SMILES string of the molecule is CN(c1ncccc1CNC(=O)Cn1cncn1)C1CCCCC1. The van der Waals surface area contributed by atoms with Crippen LogP contribution in [0.1, 0.15) is 37.7 Å². The number of hydrogen-bond donors (Lipinski definition) is 1. The van der Waals surface area contributed by atoms with Crippen LogP contribution in [0.2, 0.25) is 0 Å². The Bertz CT molecular complexity index is 651. The van der Waals surface area contributed by atoms with Crippen molar-refractivity contribution in [3.05, 3.63) is 36.5 Å². The molecule has 2 heterocycles. The first-order valence-electron chi connectivity index (χ1n) is 8.50. The van der Waals surface area contributed by atoms with Gasteiger partial charge in [-0.15, -0.1) is 0 Å². The second kappa shape index (κ2) is 7.90. The van der Waals surface area contributed by atoms with E-state index in [1.165, 1.54) is 49.4 Å². The summed E-state index contributed by atoms with van der Waals surface area (Å²) >= 11 is 0. The largest absolute Gasteiger partial charge is 0.356 e. The van der Waals surface area contributed by atoms with Crippen molar-refractivity contribution in [2.75, 3.05) is 11.9 Å². The van der Waals surface area contributed by atoms with Gasteiger partial charge < -0.3 is 10.2 Å². The summed E-state index contributed by atoms with van der Waals surface area (Å²) in [6.07, 6.45) is 11.1. The zero-order valence-electron chi connectivity index (χ0n) is 14.1. The molecular formula is C17H24N6O. The summed E-state index contributed by atoms with van der Waals surface area (Å²) in [7, 11) is 2.11. The molecule has 1 fully saturated rings. The van der Waals surface area contributed by atoms with Crippen LogP contribution in [0.4, 0.5) is 5.82 Å². The molecule has 0 unspecified atom stereocenters. The fourth-order valence-corrected chi connectivity index (χ4v) is 3.24. The van der Waals surface area contributed by atoms with Crippen molar-refractivity contribution in [1.82, 2.24) is 25.1 Å². The number of carbonyl (C=O) groups is 1. The molecule has 1 aliphatic carbocycles. The highest BCUT2D eigenvalue weighted by molar-refractivity contribution is 5.75. The monoisotopic (exact) mass is 328 g/mol. The van der Waals surface area contributed by atoms with Gasteiger partial charge in [-0.2, -0.15) is 5.10 Å².